The van der Waals surface area contributed by atoms with Gasteiger partial charge in [-0.3, -0.25) is 0 Å². The molecule has 0 aromatic rings. The molecule has 0 aromatic heterocycles. The van der Waals surface area contributed by atoms with E-state index < -0.39 is 10.0 Å². The molecule has 1 aliphatic heterocycles. The number of rotatable bonds is 1. The fourth-order valence-electron chi connectivity index (χ4n) is 2.30. The van der Waals surface area contributed by atoms with Crippen LogP contribution < -0.4 is 0 Å². The lowest BCUT2D eigenvalue weighted by atomic mass is 10.2. The molecule has 2 atom stereocenters. The number of nitrogens with zero attached hydrogens (tertiary/aromatic N) is 1. The maximum atomic E-state index is 11.4. The molecule has 0 amide bonds. The molecule has 2 aliphatic rings. The average Bonchev–Trinajstić information content (AvgIpc) is 2.48. The molecule has 1 heterocycles. The number of hydrogen-bond donors (Lipinski definition) is 0. The lowest BCUT2D eigenvalue weighted by Gasteiger charge is -2.35. The third-order valence-electron chi connectivity index (χ3n) is 2.86. The van der Waals surface area contributed by atoms with Gasteiger partial charge in [-0.05, 0) is 19.3 Å². The lowest BCUT2D eigenvalue weighted by Crippen LogP contribution is -2.50. The van der Waals surface area contributed by atoms with Crippen LogP contribution in [0.15, 0.2) is 0 Å². The fourth-order valence-corrected chi connectivity index (χ4v) is 3.44. The molecule has 2 rings (SSSR count). The van der Waals surface area contributed by atoms with E-state index in [9.17, 15) is 8.42 Å². The summed E-state index contributed by atoms with van der Waals surface area (Å²) in [5.74, 6) is 0. The minimum Gasteiger partial charge on any atom is -0.375 e. The number of fused-ring (bicyclic) bond motifs is 1. The first-order valence-corrected chi connectivity index (χ1v) is 6.52. The molecule has 0 spiro atoms. The van der Waals surface area contributed by atoms with E-state index in [1.165, 1.54) is 6.26 Å². The first kappa shape index (κ1) is 9.43. The first-order chi connectivity index (χ1) is 6.09. The smallest absolute Gasteiger partial charge is 0.211 e. The second-order valence-corrected chi connectivity index (χ2v) is 5.72. The Morgan fingerprint density at radius 2 is 2.15 bits per heavy atom. The van der Waals surface area contributed by atoms with Gasteiger partial charge in [-0.1, -0.05) is 0 Å². The topological polar surface area (TPSA) is 46.6 Å². The molecular weight excluding hydrogens is 190 g/mol. The van der Waals surface area contributed by atoms with Gasteiger partial charge < -0.3 is 4.74 Å². The summed E-state index contributed by atoms with van der Waals surface area (Å²) < 4.78 is 29.9. The van der Waals surface area contributed by atoms with Crippen LogP contribution in [0.1, 0.15) is 19.3 Å². The van der Waals surface area contributed by atoms with E-state index in [2.05, 4.69) is 0 Å². The Labute approximate surface area is 78.9 Å². The molecule has 2 unspecified atom stereocenters. The molecule has 4 nitrogen and oxygen atoms in total. The van der Waals surface area contributed by atoms with Crippen molar-refractivity contribution in [2.75, 3.05) is 19.4 Å². The van der Waals surface area contributed by atoms with Crippen LogP contribution in [0.2, 0.25) is 0 Å². The Balaban J connectivity index is 2.19. The Kier molecular flexibility index (Phi) is 2.33. The SMILES string of the molecule is CS(=O)(=O)N1CCOC2CCCC21. The summed E-state index contributed by atoms with van der Waals surface area (Å²) in [7, 11) is -3.03. The molecule has 1 saturated heterocycles. The minimum atomic E-state index is -3.03. The van der Waals surface area contributed by atoms with Gasteiger partial charge in [0.1, 0.15) is 0 Å². The molecule has 5 heteroatoms. The van der Waals surface area contributed by atoms with Gasteiger partial charge in [0, 0.05) is 6.54 Å². The third kappa shape index (κ3) is 1.73. The van der Waals surface area contributed by atoms with Crippen molar-refractivity contribution in [2.45, 2.75) is 31.4 Å². The van der Waals surface area contributed by atoms with Crippen molar-refractivity contribution in [3.63, 3.8) is 0 Å². The molecule has 0 bridgehead atoms. The van der Waals surface area contributed by atoms with Crippen molar-refractivity contribution in [1.82, 2.24) is 4.31 Å². The minimum absolute atomic E-state index is 0.115. The Bertz CT molecular complexity index is 288. The normalized spacial score (nSPS) is 36.1. The highest BCUT2D eigenvalue weighted by Crippen LogP contribution is 2.30. The van der Waals surface area contributed by atoms with Crippen LogP contribution in [0.5, 0.6) is 0 Å². The van der Waals surface area contributed by atoms with E-state index in [-0.39, 0.29) is 12.1 Å². The van der Waals surface area contributed by atoms with E-state index in [1.807, 2.05) is 0 Å². The van der Waals surface area contributed by atoms with Crippen molar-refractivity contribution >= 4 is 10.0 Å². The number of morpholine rings is 1. The Hall–Kier alpha value is -0.130. The van der Waals surface area contributed by atoms with Crippen molar-refractivity contribution in [1.29, 1.82) is 0 Å². The summed E-state index contributed by atoms with van der Waals surface area (Å²) in [5, 5.41) is 0. The number of hydrogen-bond acceptors (Lipinski definition) is 3. The van der Waals surface area contributed by atoms with E-state index >= 15 is 0 Å². The van der Waals surface area contributed by atoms with Crippen molar-refractivity contribution in [3.05, 3.63) is 0 Å². The summed E-state index contributed by atoms with van der Waals surface area (Å²) >= 11 is 0. The summed E-state index contributed by atoms with van der Waals surface area (Å²) in [4.78, 5) is 0. The van der Waals surface area contributed by atoms with Gasteiger partial charge in [-0.25, -0.2) is 8.42 Å². The van der Waals surface area contributed by atoms with Gasteiger partial charge in [0.15, 0.2) is 0 Å². The largest absolute Gasteiger partial charge is 0.375 e. The van der Waals surface area contributed by atoms with Crippen LogP contribution in [0.3, 0.4) is 0 Å². The first-order valence-electron chi connectivity index (χ1n) is 4.67. The zero-order chi connectivity index (χ0) is 9.47. The molecule has 0 aromatic carbocycles. The molecule has 1 saturated carbocycles. The van der Waals surface area contributed by atoms with Crippen LogP contribution >= 0.6 is 0 Å². The van der Waals surface area contributed by atoms with Crippen LogP contribution in [-0.2, 0) is 14.8 Å². The highest BCUT2D eigenvalue weighted by atomic mass is 32.2. The van der Waals surface area contributed by atoms with Crippen molar-refractivity contribution in [3.8, 4) is 0 Å². The second-order valence-electron chi connectivity index (χ2n) is 3.78. The van der Waals surface area contributed by atoms with Crippen molar-refractivity contribution < 1.29 is 13.2 Å². The van der Waals surface area contributed by atoms with Crippen LogP contribution in [0.25, 0.3) is 0 Å². The second kappa shape index (κ2) is 3.22. The lowest BCUT2D eigenvalue weighted by molar-refractivity contribution is -0.0239. The predicted octanol–water partition coefficient (Wildman–Crippen LogP) is 0.199. The Morgan fingerprint density at radius 1 is 1.38 bits per heavy atom. The van der Waals surface area contributed by atoms with Crippen molar-refractivity contribution in [2.24, 2.45) is 0 Å². The highest BCUT2D eigenvalue weighted by molar-refractivity contribution is 7.88. The summed E-state index contributed by atoms with van der Waals surface area (Å²) in [6.45, 7) is 1.08. The van der Waals surface area contributed by atoms with Gasteiger partial charge in [-0.15, -0.1) is 0 Å². The molecule has 76 valence electrons. The maximum absolute atomic E-state index is 11.4. The fraction of sp³-hybridized carbons (Fsp3) is 1.00. The van der Waals surface area contributed by atoms with Gasteiger partial charge in [0.2, 0.25) is 10.0 Å². The Morgan fingerprint density at radius 3 is 2.85 bits per heavy atom. The average molecular weight is 205 g/mol. The molecular formula is C8H15NO3S. The highest BCUT2D eigenvalue weighted by Gasteiger charge is 2.39. The number of sulfonamides is 1. The summed E-state index contributed by atoms with van der Waals surface area (Å²) in [6.07, 6.45) is 4.49. The zero-order valence-electron chi connectivity index (χ0n) is 7.77. The molecule has 1 aliphatic carbocycles. The third-order valence-corrected chi connectivity index (χ3v) is 4.16. The maximum Gasteiger partial charge on any atom is 0.211 e. The molecule has 2 fully saturated rings. The van der Waals surface area contributed by atoms with Gasteiger partial charge >= 0.3 is 0 Å². The van der Waals surface area contributed by atoms with E-state index in [0.717, 1.165) is 19.3 Å². The van der Waals surface area contributed by atoms with E-state index in [0.29, 0.717) is 13.2 Å². The molecule has 0 N–H and O–H groups in total. The van der Waals surface area contributed by atoms with E-state index in [1.54, 1.807) is 4.31 Å². The zero-order valence-corrected chi connectivity index (χ0v) is 8.59. The summed E-state index contributed by atoms with van der Waals surface area (Å²) in [6, 6.07) is 0.115. The summed E-state index contributed by atoms with van der Waals surface area (Å²) in [5.41, 5.74) is 0. The standard InChI is InChI=1S/C8H15NO3S/c1-13(10,11)9-5-6-12-8-4-2-3-7(8)9/h7-8H,2-6H2,1H3. The van der Waals surface area contributed by atoms with Crippen LogP contribution in [0.4, 0.5) is 0 Å². The van der Waals surface area contributed by atoms with Crippen LogP contribution in [-0.4, -0.2) is 44.3 Å². The quantitative estimate of drug-likeness (QED) is 0.614. The molecule has 0 radical (unpaired) electrons. The van der Waals surface area contributed by atoms with Gasteiger partial charge in [0.25, 0.3) is 0 Å². The van der Waals surface area contributed by atoms with Gasteiger partial charge in [0.05, 0.1) is 25.0 Å². The monoisotopic (exact) mass is 205 g/mol. The van der Waals surface area contributed by atoms with Gasteiger partial charge in [-0.2, -0.15) is 4.31 Å². The van der Waals surface area contributed by atoms with Crippen LogP contribution in [0, 0.1) is 0 Å². The predicted molar refractivity (Wildman–Crippen MR) is 48.9 cm³/mol. The van der Waals surface area contributed by atoms with E-state index in [4.69, 9.17) is 4.74 Å². The number of ether oxygens (including phenoxy) is 1. The molecule has 13 heavy (non-hydrogen) atoms.